The van der Waals surface area contributed by atoms with Crippen molar-refractivity contribution in [2.24, 2.45) is 0 Å². The van der Waals surface area contributed by atoms with E-state index in [0.29, 0.717) is 18.7 Å². The van der Waals surface area contributed by atoms with Gasteiger partial charge in [0.1, 0.15) is 18.9 Å². The Balaban J connectivity index is 1.47. The zero-order valence-electron chi connectivity index (χ0n) is 15.4. The SMILES string of the molecule is C[NH+](CC(=O)Nc1ccc(C[NH+]2CCCC2)cc1)Cc1ccccc1F. The molecule has 0 bridgehead atoms. The number of halogens is 1. The fourth-order valence-corrected chi connectivity index (χ4v) is 3.56. The van der Waals surface area contributed by atoms with E-state index in [1.165, 1.54) is 37.6 Å². The van der Waals surface area contributed by atoms with Gasteiger partial charge in [-0.25, -0.2) is 4.39 Å². The molecule has 1 unspecified atom stereocenters. The standard InChI is InChI=1S/C21H26FN3O/c1-24(15-18-6-2-3-7-20(18)22)16-21(26)23-19-10-8-17(9-11-19)14-25-12-4-5-13-25/h2-3,6-11H,4-5,12-16H2,1H3,(H,23,26)/p+2. The molecule has 2 aromatic carbocycles. The summed E-state index contributed by atoms with van der Waals surface area (Å²) in [6.45, 7) is 4.36. The van der Waals surface area contributed by atoms with Crippen molar-refractivity contribution in [1.29, 1.82) is 0 Å². The summed E-state index contributed by atoms with van der Waals surface area (Å²) in [5.74, 6) is -0.278. The molecule has 5 heteroatoms. The summed E-state index contributed by atoms with van der Waals surface area (Å²) in [4.78, 5) is 14.8. The van der Waals surface area contributed by atoms with Crippen LogP contribution in [-0.2, 0) is 17.9 Å². The molecule has 3 N–H and O–H groups in total. The van der Waals surface area contributed by atoms with E-state index in [9.17, 15) is 9.18 Å². The molecule has 0 radical (unpaired) electrons. The second-order valence-electron chi connectivity index (χ2n) is 7.28. The third-order valence-electron chi connectivity index (χ3n) is 4.91. The van der Waals surface area contributed by atoms with Crippen LogP contribution in [0.4, 0.5) is 10.1 Å². The maximum atomic E-state index is 13.7. The second kappa shape index (κ2) is 8.92. The highest BCUT2D eigenvalue weighted by atomic mass is 19.1. The Kier molecular flexibility index (Phi) is 6.36. The lowest BCUT2D eigenvalue weighted by molar-refractivity contribution is -0.901. The van der Waals surface area contributed by atoms with Crippen LogP contribution in [0.5, 0.6) is 0 Å². The normalized spacial score (nSPS) is 15.8. The Labute approximate surface area is 154 Å². The molecular formula is C21H28FN3O+2. The molecule has 1 atom stereocenters. The van der Waals surface area contributed by atoms with Gasteiger partial charge in [-0.15, -0.1) is 0 Å². The largest absolute Gasteiger partial charge is 0.331 e. The van der Waals surface area contributed by atoms with Gasteiger partial charge in [-0.1, -0.05) is 30.3 Å². The van der Waals surface area contributed by atoms with Crippen molar-refractivity contribution in [1.82, 2.24) is 0 Å². The average molecular weight is 357 g/mol. The Morgan fingerprint density at radius 1 is 1.12 bits per heavy atom. The first-order valence-corrected chi connectivity index (χ1v) is 9.37. The second-order valence-corrected chi connectivity index (χ2v) is 7.28. The zero-order chi connectivity index (χ0) is 18.4. The fraction of sp³-hybridized carbons (Fsp3) is 0.381. The lowest BCUT2D eigenvalue weighted by atomic mass is 10.2. The van der Waals surface area contributed by atoms with Gasteiger partial charge in [0.2, 0.25) is 0 Å². The van der Waals surface area contributed by atoms with Gasteiger partial charge in [0, 0.05) is 29.7 Å². The van der Waals surface area contributed by atoms with Gasteiger partial charge in [0.15, 0.2) is 6.54 Å². The van der Waals surface area contributed by atoms with E-state index in [0.717, 1.165) is 17.1 Å². The van der Waals surface area contributed by atoms with Gasteiger partial charge in [0.05, 0.1) is 20.1 Å². The van der Waals surface area contributed by atoms with Crippen LogP contribution in [0.25, 0.3) is 0 Å². The van der Waals surface area contributed by atoms with Crippen molar-refractivity contribution < 1.29 is 19.0 Å². The summed E-state index contributed by atoms with van der Waals surface area (Å²) in [6.07, 6.45) is 2.65. The van der Waals surface area contributed by atoms with Crippen LogP contribution in [0, 0.1) is 5.82 Å². The lowest BCUT2D eigenvalue weighted by Crippen LogP contribution is -3.08. The molecule has 0 aromatic heterocycles. The molecular weight excluding hydrogens is 329 g/mol. The molecule has 0 spiro atoms. The summed E-state index contributed by atoms with van der Waals surface area (Å²) < 4.78 is 13.7. The van der Waals surface area contributed by atoms with Crippen LogP contribution in [0.15, 0.2) is 48.5 Å². The van der Waals surface area contributed by atoms with Crippen molar-refractivity contribution in [2.45, 2.75) is 25.9 Å². The molecule has 1 heterocycles. The first-order chi connectivity index (χ1) is 12.6. The number of carbonyl (C=O) groups excluding carboxylic acids is 1. The van der Waals surface area contributed by atoms with Gasteiger partial charge in [-0.3, -0.25) is 4.79 Å². The summed E-state index contributed by atoms with van der Waals surface area (Å²) in [6, 6.07) is 14.8. The quantitative estimate of drug-likeness (QED) is 0.669. The predicted molar refractivity (Wildman–Crippen MR) is 101 cm³/mol. The van der Waals surface area contributed by atoms with E-state index in [2.05, 4.69) is 17.4 Å². The molecule has 1 aliphatic heterocycles. The number of anilines is 1. The van der Waals surface area contributed by atoms with Crippen molar-refractivity contribution in [3.8, 4) is 0 Å². The third kappa shape index (κ3) is 5.38. The molecule has 1 saturated heterocycles. The summed E-state index contributed by atoms with van der Waals surface area (Å²) in [5.41, 5.74) is 2.75. The van der Waals surface area contributed by atoms with E-state index in [-0.39, 0.29) is 11.7 Å². The molecule has 1 amide bonds. The number of amides is 1. The van der Waals surface area contributed by atoms with Gasteiger partial charge >= 0.3 is 0 Å². The number of benzene rings is 2. The fourth-order valence-electron chi connectivity index (χ4n) is 3.56. The van der Waals surface area contributed by atoms with E-state index in [1.807, 2.05) is 25.2 Å². The van der Waals surface area contributed by atoms with Crippen LogP contribution in [0.3, 0.4) is 0 Å². The van der Waals surface area contributed by atoms with Crippen molar-refractivity contribution in [3.05, 3.63) is 65.5 Å². The van der Waals surface area contributed by atoms with Crippen LogP contribution < -0.4 is 15.1 Å². The monoisotopic (exact) mass is 357 g/mol. The number of carbonyl (C=O) groups is 1. The molecule has 138 valence electrons. The van der Waals surface area contributed by atoms with Crippen molar-refractivity contribution >= 4 is 11.6 Å². The molecule has 4 nitrogen and oxygen atoms in total. The van der Waals surface area contributed by atoms with Crippen LogP contribution in [0.2, 0.25) is 0 Å². The summed E-state index contributed by atoms with van der Waals surface area (Å²) in [5, 5.41) is 2.93. The Morgan fingerprint density at radius 3 is 2.50 bits per heavy atom. The number of rotatable bonds is 7. The molecule has 1 aliphatic rings. The van der Waals surface area contributed by atoms with Gasteiger partial charge in [-0.2, -0.15) is 0 Å². The number of hydrogen-bond donors (Lipinski definition) is 3. The predicted octanol–water partition coefficient (Wildman–Crippen LogP) is 0.658. The lowest BCUT2D eigenvalue weighted by Gasteiger charge is -2.15. The maximum Gasteiger partial charge on any atom is 0.279 e. The topological polar surface area (TPSA) is 38.0 Å². The highest BCUT2D eigenvalue weighted by Crippen LogP contribution is 2.09. The molecule has 0 saturated carbocycles. The number of quaternary nitrogens is 2. The van der Waals surface area contributed by atoms with Crippen LogP contribution >= 0.6 is 0 Å². The number of hydrogen-bond acceptors (Lipinski definition) is 1. The van der Waals surface area contributed by atoms with Crippen molar-refractivity contribution in [2.75, 3.05) is 32.0 Å². The van der Waals surface area contributed by atoms with E-state index < -0.39 is 0 Å². The number of likely N-dealkylation sites (N-methyl/N-ethyl adjacent to an activating group) is 1. The van der Waals surface area contributed by atoms with Crippen LogP contribution in [0.1, 0.15) is 24.0 Å². The number of likely N-dealkylation sites (tertiary alicyclic amines) is 1. The van der Waals surface area contributed by atoms with E-state index in [4.69, 9.17) is 0 Å². The first kappa shape index (κ1) is 18.5. The Hall–Kier alpha value is -2.24. The minimum atomic E-state index is -0.219. The number of nitrogens with one attached hydrogen (secondary N) is 3. The highest BCUT2D eigenvalue weighted by molar-refractivity contribution is 5.91. The van der Waals surface area contributed by atoms with Gasteiger partial charge in [0.25, 0.3) is 5.91 Å². The molecule has 1 fully saturated rings. The Bertz CT molecular complexity index is 726. The highest BCUT2D eigenvalue weighted by Gasteiger charge is 2.16. The molecule has 2 aromatic rings. The third-order valence-corrected chi connectivity index (χ3v) is 4.91. The zero-order valence-corrected chi connectivity index (χ0v) is 15.4. The van der Waals surface area contributed by atoms with Crippen LogP contribution in [-0.4, -0.2) is 32.6 Å². The minimum absolute atomic E-state index is 0.0586. The summed E-state index contributed by atoms with van der Waals surface area (Å²) in [7, 11) is 1.90. The molecule has 3 rings (SSSR count). The smallest absolute Gasteiger partial charge is 0.279 e. The van der Waals surface area contributed by atoms with E-state index >= 15 is 0 Å². The average Bonchev–Trinajstić information content (AvgIpc) is 3.11. The summed E-state index contributed by atoms with van der Waals surface area (Å²) >= 11 is 0. The first-order valence-electron chi connectivity index (χ1n) is 9.37. The van der Waals surface area contributed by atoms with Gasteiger partial charge in [-0.05, 0) is 18.2 Å². The maximum absolute atomic E-state index is 13.7. The molecule has 26 heavy (non-hydrogen) atoms. The minimum Gasteiger partial charge on any atom is -0.331 e. The van der Waals surface area contributed by atoms with Gasteiger partial charge < -0.3 is 15.1 Å². The van der Waals surface area contributed by atoms with E-state index in [1.54, 1.807) is 17.0 Å². The Morgan fingerprint density at radius 2 is 1.81 bits per heavy atom. The van der Waals surface area contributed by atoms with Crippen molar-refractivity contribution in [3.63, 3.8) is 0 Å². The molecule has 0 aliphatic carbocycles.